The second kappa shape index (κ2) is 4.38. The van der Waals surface area contributed by atoms with Crippen LogP contribution in [-0.2, 0) is 16.5 Å². The Balaban J connectivity index is 1.62. The van der Waals surface area contributed by atoms with Crippen LogP contribution in [0.4, 0.5) is 0 Å². The molecule has 2 heterocycles. The zero-order valence-electron chi connectivity index (χ0n) is 15.3. The average Bonchev–Trinajstić information content (AvgIpc) is 3.52. The molecule has 0 spiro atoms. The molecule has 2 aromatic rings. The molecule has 0 unspecified atom stereocenters. The summed E-state index contributed by atoms with van der Waals surface area (Å²) in [5, 5.41) is 4.11. The molecule has 4 atom stereocenters. The van der Waals surface area contributed by atoms with E-state index >= 15 is 0 Å². The maximum Gasteiger partial charge on any atom is 0.0674 e. The molecule has 1 N–H and O–H groups in total. The highest BCUT2D eigenvalue weighted by atomic mass is 15.1. The summed E-state index contributed by atoms with van der Waals surface area (Å²) in [7, 11) is 0. The van der Waals surface area contributed by atoms with E-state index in [1.807, 2.05) is 0 Å². The summed E-state index contributed by atoms with van der Waals surface area (Å²) in [5.41, 5.74) is 6.72. The van der Waals surface area contributed by atoms with Crippen LogP contribution in [0.5, 0.6) is 0 Å². The summed E-state index contributed by atoms with van der Waals surface area (Å²) < 4.78 is 0. The first-order valence-corrected chi connectivity index (χ1v) is 10.0. The molecule has 2 fully saturated rings. The van der Waals surface area contributed by atoms with Crippen molar-refractivity contribution in [3.05, 3.63) is 70.8 Å². The Bertz CT molecular complexity index is 881. The van der Waals surface area contributed by atoms with Gasteiger partial charge in [-0.3, -0.25) is 5.32 Å². The molecule has 6 rings (SSSR count). The molecule has 0 amide bonds. The van der Waals surface area contributed by atoms with Crippen molar-refractivity contribution < 1.29 is 0 Å². The van der Waals surface area contributed by atoms with Crippen LogP contribution in [0.3, 0.4) is 0 Å². The van der Waals surface area contributed by atoms with Crippen molar-refractivity contribution in [3.8, 4) is 0 Å². The third-order valence-electron chi connectivity index (χ3n) is 7.82. The van der Waals surface area contributed by atoms with Gasteiger partial charge in [0.2, 0.25) is 0 Å². The first kappa shape index (κ1) is 14.6. The van der Waals surface area contributed by atoms with E-state index in [-0.39, 0.29) is 11.1 Å². The van der Waals surface area contributed by atoms with Gasteiger partial charge in [-0.25, -0.2) is 0 Å². The fraction of sp³-hybridized carbons (Fsp3) is 0.500. The first-order chi connectivity index (χ1) is 12.1. The molecular formula is C24H27N. The van der Waals surface area contributed by atoms with Crippen molar-refractivity contribution in [3.63, 3.8) is 0 Å². The molecule has 128 valence electrons. The maximum atomic E-state index is 4.11. The highest BCUT2D eigenvalue weighted by Gasteiger charge is 2.63. The molecular weight excluding hydrogens is 302 g/mol. The average molecular weight is 329 g/mol. The van der Waals surface area contributed by atoms with Gasteiger partial charge in [0.1, 0.15) is 0 Å². The van der Waals surface area contributed by atoms with Gasteiger partial charge in [-0.2, -0.15) is 0 Å². The predicted molar refractivity (Wildman–Crippen MR) is 102 cm³/mol. The van der Waals surface area contributed by atoms with Crippen molar-refractivity contribution in [2.24, 2.45) is 11.8 Å². The van der Waals surface area contributed by atoms with Crippen molar-refractivity contribution in [2.75, 3.05) is 0 Å². The minimum absolute atomic E-state index is 0.0634. The summed E-state index contributed by atoms with van der Waals surface area (Å²) >= 11 is 0. The van der Waals surface area contributed by atoms with Crippen LogP contribution in [0.15, 0.2) is 48.5 Å². The Hall–Kier alpha value is -1.60. The van der Waals surface area contributed by atoms with E-state index in [1.54, 1.807) is 5.56 Å². The smallest absolute Gasteiger partial charge is 0.0674 e. The molecule has 0 radical (unpaired) electrons. The normalized spacial score (nSPS) is 40.5. The lowest BCUT2D eigenvalue weighted by atomic mass is 9.75. The molecule has 1 heteroatoms. The van der Waals surface area contributed by atoms with Crippen molar-refractivity contribution in [1.29, 1.82) is 0 Å². The first-order valence-electron chi connectivity index (χ1n) is 10.0. The highest BCUT2D eigenvalue weighted by Crippen LogP contribution is 2.67. The van der Waals surface area contributed by atoms with Crippen LogP contribution in [0.25, 0.3) is 0 Å². The number of benzene rings is 2. The van der Waals surface area contributed by atoms with Crippen molar-refractivity contribution >= 4 is 0 Å². The topological polar surface area (TPSA) is 12.0 Å². The van der Waals surface area contributed by atoms with Crippen LogP contribution in [0.2, 0.25) is 0 Å². The van der Waals surface area contributed by atoms with Crippen LogP contribution < -0.4 is 5.32 Å². The number of hydrogen-bond acceptors (Lipinski definition) is 1. The minimum atomic E-state index is -0.0634. The lowest BCUT2D eigenvalue weighted by Gasteiger charge is -2.39. The lowest BCUT2D eigenvalue weighted by molar-refractivity contribution is 0.260. The largest absolute Gasteiger partial charge is 0.294 e. The molecule has 2 aliphatic carbocycles. The van der Waals surface area contributed by atoms with Gasteiger partial charge in [0.15, 0.2) is 0 Å². The van der Waals surface area contributed by atoms with Crippen molar-refractivity contribution in [2.45, 2.75) is 62.4 Å². The third-order valence-corrected chi connectivity index (χ3v) is 7.82. The number of nitrogens with one attached hydrogen (secondary N) is 1. The van der Waals surface area contributed by atoms with Gasteiger partial charge in [-0.1, -0.05) is 61.4 Å². The predicted octanol–water partition coefficient (Wildman–Crippen LogP) is 5.23. The zero-order chi connectivity index (χ0) is 16.9. The van der Waals surface area contributed by atoms with E-state index in [0.717, 1.165) is 11.8 Å². The Morgan fingerprint density at radius 3 is 2.12 bits per heavy atom. The molecule has 2 aliphatic heterocycles. The SMILES string of the molecule is C[C@]12N[C@](C)(C[C@@H]3C[C@]3(CC3CC3)c3ccccc31)c1ccccc12. The molecule has 2 bridgehead atoms. The molecule has 4 aliphatic rings. The third kappa shape index (κ3) is 1.78. The van der Waals surface area contributed by atoms with Gasteiger partial charge >= 0.3 is 0 Å². The Kier molecular flexibility index (Phi) is 2.55. The molecule has 0 saturated heterocycles. The Morgan fingerprint density at radius 2 is 1.44 bits per heavy atom. The van der Waals surface area contributed by atoms with E-state index in [0.29, 0.717) is 5.41 Å². The van der Waals surface area contributed by atoms with Gasteiger partial charge in [0.05, 0.1) is 5.54 Å². The molecule has 1 nitrogen and oxygen atoms in total. The maximum absolute atomic E-state index is 4.11. The van der Waals surface area contributed by atoms with E-state index < -0.39 is 0 Å². The Labute approximate surface area is 150 Å². The van der Waals surface area contributed by atoms with Crippen LogP contribution in [-0.4, -0.2) is 0 Å². The minimum Gasteiger partial charge on any atom is -0.294 e. The fourth-order valence-corrected chi connectivity index (χ4v) is 6.48. The van der Waals surface area contributed by atoms with E-state index in [1.165, 1.54) is 48.8 Å². The highest BCUT2D eigenvalue weighted by molar-refractivity contribution is 5.57. The second-order valence-electron chi connectivity index (χ2n) is 9.58. The summed E-state index contributed by atoms with van der Waals surface area (Å²) in [6.45, 7) is 4.87. The molecule has 0 aromatic heterocycles. The summed E-state index contributed by atoms with van der Waals surface area (Å²) in [6, 6.07) is 18.5. The van der Waals surface area contributed by atoms with Crippen LogP contribution in [0.1, 0.15) is 68.2 Å². The zero-order valence-corrected chi connectivity index (χ0v) is 15.3. The molecule has 2 aromatic carbocycles. The van der Waals surface area contributed by atoms with E-state index in [9.17, 15) is 0 Å². The van der Waals surface area contributed by atoms with Gasteiger partial charge in [-0.05, 0) is 72.6 Å². The molecule has 25 heavy (non-hydrogen) atoms. The van der Waals surface area contributed by atoms with Gasteiger partial charge in [0, 0.05) is 5.54 Å². The van der Waals surface area contributed by atoms with Gasteiger partial charge in [0.25, 0.3) is 0 Å². The summed E-state index contributed by atoms with van der Waals surface area (Å²) in [6.07, 6.45) is 7.03. The fourth-order valence-electron chi connectivity index (χ4n) is 6.48. The summed E-state index contributed by atoms with van der Waals surface area (Å²) in [4.78, 5) is 0. The monoisotopic (exact) mass is 329 g/mol. The van der Waals surface area contributed by atoms with Crippen LogP contribution in [0, 0.1) is 11.8 Å². The number of fused-ring (bicyclic) bond motifs is 9. The Morgan fingerprint density at radius 1 is 0.840 bits per heavy atom. The standard InChI is InChI=1S/C24H27N/c1-22-14-17-15-24(17,13-16-11-12-16)21-10-6-5-9-20(21)23(2,25-22)19-8-4-3-7-18(19)22/h3-10,16-17,25H,11-15H2,1-2H3/t17-,22-,23-,24+/m1/s1. The lowest BCUT2D eigenvalue weighted by Crippen LogP contribution is -2.47. The van der Waals surface area contributed by atoms with E-state index in [2.05, 4.69) is 67.7 Å². The van der Waals surface area contributed by atoms with Gasteiger partial charge in [-0.15, -0.1) is 0 Å². The quantitative estimate of drug-likeness (QED) is 0.795. The number of hydrogen-bond donors (Lipinski definition) is 1. The second-order valence-corrected chi connectivity index (χ2v) is 9.58. The molecule has 2 saturated carbocycles. The number of rotatable bonds is 2. The van der Waals surface area contributed by atoms with Crippen molar-refractivity contribution in [1.82, 2.24) is 5.32 Å². The van der Waals surface area contributed by atoms with E-state index in [4.69, 9.17) is 0 Å². The van der Waals surface area contributed by atoms with Gasteiger partial charge < -0.3 is 0 Å². The van der Waals surface area contributed by atoms with Crippen LogP contribution >= 0.6 is 0 Å². The summed E-state index contributed by atoms with van der Waals surface area (Å²) in [5.74, 6) is 1.83.